The SMILES string of the molecule is O=C1NCCc2c1nc(-c1cccnc1)nc2N1CCC(CCO)CC1. The number of fused-ring (bicyclic) bond motifs is 1. The van der Waals surface area contributed by atoms with E-state index in [1.165, 1.54) is 0 Å². The molecular weight excluding hydrogens is 330 g/mol. The molecule has 4 rings (SSSR count). The molecule has 1 saturated heterocycles. The van der Waals surface area contributed by atoms with Gasteiger partial charge in [0.1, 0.15) is 11.5 Å². The maximum Gasteiger partial charge on any atom is 0.270 e. The van der Waals surface area contributed by atoms with Crippen molar-refractivity contribution in [2.24, 2.45) is 5.92 Å². The number of nitrogens with zero attached hydrogens (tertiary/aromatic N) is 4. The zero-order valence-corrected chi connectivity index (χ0v) is 14.7. The molecule has 2 aromatic heterocycles. The van der Waals surface area contributed by atoms with E-state index < -0.39 is 0 Å². The van der Waals surface area contributed by atoms with Crippen LogP contribution in [0.5, 0.6) is 0 Å². The van der Waals surface area contributed by atoms with Crippen LogP contribution in [-0.4, -0.2) is 52.2 Å². The van der Waals surface area contributed by atoms with Crippen LogP contribution >= 0.6 is 0 Å². The van der Waals surface area contributed by atoms with E-state index in [4.69, 9.17) is 10.1 Å². The number of nitrogens with one attached hydrogen (secondary N) is 1. The molecule has 1 amide bonds. The van der Waals surface area contributed by atoms with Crippen molar-refractivity contribution in [2.45, 2.75) is 25.7 Å². The minimum Gasteiger partial charge on any atom is -0.396 e. The molecule has 0 unspecified atom stereocenters. The number of rotatable bonds is 4. The van der Waals surface area contributed by atoms with Crippen LogP contribution in [0.25, 0.3) is 11.4 Å². The van der Waals surface area contributed by atoms with Crippen LogP contribution in [0.4, 0.5) is 5.82 Å². The van der Waals surface area contributed by atoms with Crippen molar-refractivity contribution in [2.75, 3.05) is 31.1 Å². The van der Waals surface area contributed by atoms with Crippen LogP contribution in [0.2, 0.25) is 0 Å². The Hall–Kier alpha value is -2.54. The Morgan fingerprint density at radius 3 is 2.85 bits per heavy atom. The van der Waals surface area contributed by atoms with Gasteiger partial charge in [0.05, 0.1) is 0 Å². The number of hydrogen-bond acceptors (Lipinski definition) is 6. The Morgan fingerprint density at radius 1 is 1.27 bits per heavy atom. The highest BCUT2D eigenvalue weighted by molar-refractivity contribution is 5.96. The number of aliphatic hydroxyl groups is 1. The van der Waals surface area contributed by atoms with Gasteiger partial charge in [-0.1, -0.05) is 0 Å². The minimum absolute atomic E-state index is 0.129. The first-order valence-corrected chi connectivity index (χ1v) is 9.21. The summed E-state index contributed by atoms with van der Waals surface area (Å²) in [6.45, 7) is 2.65. The van der Waals surface area contributed by atoms with E-state index in [-0.39, 0.29) is 12.5 Å². The van der Waals surface area contributed by atoms with Crippen LogP contribution < -0.4 is 10.2 Å². The predicted molar refractivity (Wildman–Crippen MR) is 97.9 cm³/mol. The van der Waals surface area contributed by atoms with Gasteiger partial charge in [-0.05, 0) is 43.7 Å². The monoisotopic (exact) mass is 353 g/mol. The van der Waals surface area contributed by atoms with Crippen molar-refractivity contribution in [1.82, 2.24) is 20.3 Å². The largest absolute Gasteiger partial charge is 0.396 e. The number of pyridine rings is 1. The molecule has 0 aromatic carbocycles. The normalized spacial score (nSPS) is 17.7. The number of carbonyl (C=O) groups is 1. The summed E-state index contributed by atoms with van der Waals surface area (Å²) in [6.07, 6.45) is 7.11. The quantitative estimate of drug-likeness (QED) is 0.864. The first-order chi connectivity index (χ1) is 12.8. The molecule has 136 valence electrons. The Labute approximate surface area is 152 Å². The van der Waals surface area contributed by atoms with Crippen molar-refractivity contribution in [3.8, 4) is 11.4 Å². The third-order valence-electron chi connectivity index (χ3n) is 5.23. The lowest BCUT2D eigenvalue weighted by atomic mass is 9.93. The van der Waals surface area contributed by atoms with Gasteiger partial charge in [-0.15, -0.1) is 0 Å². The van der Waals surface area contributed by atoms with Crippen LogP contribution in [0.15, 0.2) is 24.5 Å². The van der Waals surface area contributed by atoms with Gasteiger partial charge >= 0.3 is 0 Å². The summed E-state index contributed by atoms with van der Waals surface area (Å²) >= 11 is 0. The number of aliphatic hydroxyl groups excluding tert-OH is 1. The maximum atomic E-state index is 12.4. The van der Waals surface area contributed by atoms with E-state index in [2.05, 4.69) is 20.2 Å². The molecule has 0 spiro atoms. The average molecular weight is 353 g/mol. The Kier molecular flexibility index (Phi) is 4.79. The molecule has 0 radical (unpaired) electrons. The van der Waals surface area contributed by atoms with Crippen molar-refractivity contribution in [3.63, 3.8) is 0 Å². The minimum atomic E-state index is -0.129. The van der Waals surface area contributed by atoms with Crippen molar-refractivity contribution < 1.29 is 9.90 Å². The molecule has 1 fully saturated rings. The van der Waals surface area contributed by atoms with Crippen molar-refractivity contribution in [3.05, 3.63) is 35.8 Å². The highest BCUT2D eigenvalue weighted by Crippen LogP contribution is 2.30. The molecule has 0 aliphatic carbocycles. The van der Waals surface area contributed by atoms with Crippen LogP contribution in [0.3, 0.4) is 0 Å². The first-order valence-electron chi connectivity index (χ1n) is 9.21. The smallest absolute Gasteiger partial charge is 0.270 e. The second kappa shape index (κ2) is 7.37. The number of hydrogen-bond donors (Lipinski definition) is 2. The van der Waals surface area contributed by atoms with E-state index in [1.54, 1.807) is 12.4 Å². The molecular formula is C19H23N5O2. The molecule has 7 nitrogen and oxygen atoms in total. The second-order valence-corrected chi connectivity index (χ2v) is 6.89. The maximum absolute atomic E-state index is 12.4. The number of amides is 1. The number of carbonyl (C=O) groups excluding carboxylic acids is 1. The molecule has 4 heterocycles. The number of piperidine rings is 1. The zero-order valence-electron chi connectivity index (χ0n) is 14.7. The highest BCUT2D eigenvalue weighted by atomic mass is 16.3. The summed E-state index contributed by atoms with van der Waals surface area (Å²) in [5.41, 5.74) is 2.24. The van der Waals surface area contributed by atoms with Gasteiger partial charge in [0.2, 0.25) is 0 Å². The summed E-state index contributed by atoms with van der Waals surface area (Å²) in [5.74, 6) is 1.86. The number of anilines is 1. The second-order valence-electron chi connectivity index (χ2n) is 6.89. The fraction of sp³-hybridized carbons (Fsp3) is 0.474. The lowest BCUT2D eigenvalue weighted by Crippen LogP contribution is -2.39. The predicted octanol–water partition coefficient (Wildman–Crippen LogP) is 1.42. The molecule has 0 bridgehead atoms. The molecule has 2 N–H and O–H groups in total. The molecule has 26 heavy (non-hydrogen) atoms. The highest BCUT2D eigenvalue weighted by Gasteiger charge is 2.28. The van der Waals surface area contributed by atoms with Gasteiger partial charge in [-0.2, -0.15) is 0 Å². The standard InChI is InChI=1S/C19H23N5O2/c25-11-6-13-4-9-24(10-5-13)18-15-3-8-21-19(26)16(15)22-17(23-18)14-2-1-7-20-12-14/h1-2,7,12-13,25H,3-6,8-11H2,(H,21,26). The lowest BCUT2D eigenvalue weighted by Gasteiger charge is -2.34. The topological polar surface area (TPSA) is 91.2 Å². The van der Waals surface area contributed by atoms with Crippen LogP contribution in [-0.2, 0) is 6.42 Å². The summed E-state index contributed by atoms with van der Waals surface area (Å²) in [5, 5.41) is 12.0. The molecule has 2 aliphatic rings. The van der Waals surface area contributed by atoms with E-state index in [0.717, 1.165) is 55.7 Å². The van der Waals surface area contributed by atoms with Gasteiger partial charge in [0.25, 0.3) is 5.91 Å². The summed E-state index contributed by atoms with van der Waals surface area (Å²) in [6, 6.07) is 3.75. The summed E-state index contributed by atoms with van der Waals surface area (Å²) in [7, 11) is 0. The van der Waals surface area contributed by atoms with Gasteiger partial charge < -0.3 is 15.3 Å². The number of aromatic nitrogens is 3. The van der Waals surface area contributed by atoms with Gasteiger partial charge in [0, 0.05) is 49.8 Å². The Bertz CT molecular complexity index is 788. The van der Waals surface area contributed by atoms with Gasteiger partial charge in [0.15, 0.2) is 5.82 Å². The molecule has 7 heteroatoms. The van der Waals surface area contributed by atoms with E-state index >= 15 is 0 Å². The molecule has 2 aliphatic heterocycles. The Balaban J connectivity index is 1.71. The summed E-state index contributed by atoms with van der Waals surface area (Å²) < 4.78 is 0. The molecule has 0 atom stereocenters. The lowest BCUT2D eigenvalue weighted by molar-refractivity contribution is 0.0940. The Morgan fingerprint density at radius 2 is 2.12 bits per heavy atom. The fourth-order valence-corrected chi connectivity index (χ4v) is 3.78. The first kappa shape index (κ1) is 16.9. The fourth-order valence-electron chi connectivity index (χ4n) is 3.78. The third kappa shape index (κ3) is 3.26. The zero-order chi connectivity index (χ0) is 17.9. The molecule has 0 saturated carbocycles. The van der Waals surface area contributed by atoms with E-state index in [9.17, 15) is 4.79 Å². The van der Waals surface area contributed by atoms with Crippen molar-refractivity contribution in [1.29, 1.82) is 0 Å². The van der Waals surface area contributed by atoms with Gasteiger partial charge in [-0.3, -0.25) is 9.78 Å². The van der Waals surface area contributed by atoms with Gasteiger partial charge in [-0.25, -0.2) is 9.97 Å². The van der Waals surface area contributed by atoms with Crippen LogP contribution in [0, 0.1) is 5.92 Å². The van der Waals surface area contributed by atoms with E-state index in [1.807, 2.05) is 12.1 Å². The van der Waals surface area contributed by atoms with E-state index in [0.29, 0.717) is 24.0 Å². The van der Waals surface area contributed by atoms with Crippen LogP contribution in [0.1, 0.15) is 35.3 Å². The average Bonchev–Trinajstić information content (AvgIpc) is 2.69. The van der Waals surface area contributed by atoms with Crippen molar-refractivity contribution >= 4 is 11.7 Å². The summed E-state index contributed by atoms with van der Waals surface area (Å²) in [4.78, 5) is 28.2. The third-order valence-corrected chi connectivity index (χ3v) is 5.23. The molecule has 2 aromatic rings.